The highest BCUT2D eigenvalue weighted by Gasteiger charge is 2.76. The maximum absolute atomic E-state index is 13.2. The second-order valence-electron chi connectivity index (χ2n) is 47.8. The van der Waals surface area contributed by atoms with Crippen molar-refractivity contribution in [3.63, 3.8) is 0 Å². The smallest absolute Gasteiger partial charge is 0.311 e. The first-order chi connectivity index (χ1) is 64.2. The summed E-state index contributed by atoms with van der Waals surface area (Å²) in [6.45, 7) is 34.2. The summed E-state index contributed by atoms with van der Waals surface area (Å²) in [6, 6.07) is 0. The molecule has 15 aliphatic carbocycles. The molecule has 20 fully saturated rings. The van der Waals surface area contributed by atoms with Gasteiger partial charge in [0.1, 0.15) is 90.1 Å². The molecule has 15 saturated carbocycles. The second-order valence-corrected chi connectivity index (χ2v) is 47.8. The van der Waals surface area contributed by atoms with E-state index in [1.165, 1.54) is 12.8 Å². The molecule has 0 aromatic carbocycles. The molecule has 5 aliphatic heterocycles. The lowest BCUT2D eigenvalue weighted by Crippen LogP contribution is -2.47. The molecule has 0 N–H and O–H groups in total. The number of rotatable bonds is 26. The van der Waals surface area contributed by atoms with Gasteiger partial charge in [-0.15, -0.1) is 0 Å². The molecule has 0 amide bonds. The zero-order valence-corrected chi connectivity index (χ0v) is 83.6. The van der Waals surface area contributed by atoms with Gasteiger partial charge < -0.3 is 71.1 Å². The van der Waals surface area contributed by atoms with Gasteiger partial charge in [-0.3, -0.25) is 71.9 Å². The summed E-state index contributed by atoms with van der Waals surface area (Å²) in [5.74, 6) is -10.7. The Morgan fingerprint density at radius 3 is 0.671 bits per heavy atom. The molecule has 30 nitrogen and oxygen atoms in total. The highest BCUT2D eigenvalue weighted by molar-refractivity contribution is 5.91. The molecule has 146 heavy (non-hydrogen) atoms. The molecule has 5 saturated heterocycles. The predicted molar refractivity (Wildman–Crippen MR) is 549 cm³/mol. The van der Waals surface area contributed by atoms with E-state index in [-0.39, 0.29) is 235 Å². The molecule has 0 radical (unpaired) electrons. The minimum absolute atomic E-state index is 0. The summed E-state index contributed by atoms with van der Waals surface area (Å²) in [5.41, 5.74) is -4.27. The molecular weight excluding hydrogens is 1870 g/mol. The third-order valence-electron chi connectivity index (χ3n) is 37.7. The van der Waals surface area contributed by atoms with E-state index in [1.54, 1.807) is 0 Å². The van der Waals surface area contributed by atoms with Gasteiger partial charge in [-0.1, -0.05) is 129 Å². The van der Waals surface area contributed by atoms with E-state index in [0.29, 0.717) is 64.2 Å². The van der Waals surface area contributed by atoms with Crippen molar-refractivity contribution in [1.82, 2.24) is 0 Å². The quantitative estimate of drug-likeness (QED) is 0.0573. The molecule has 30 atom stereocenters. The highest BCUT2D eigenvalue weighted by atomic mass is 16.6. The highest BCUT2D eigenvalue weighted by Crippen LogP contribution is 2.66. The Labute approximate surface area is 874 Å². The maximum Gasteiger partial charge on any atom is 0.311 e. The average molecular weight is 2070 g/mol. The fourth-order valence-electron chi connectivity index (χ4n) is 27.2. The van der Waals surface area contributed by atoms with Crippen LogP contribution in [-0.4, -0.2) is 180 Å². The molecule has 30 unspecified atom stereocenters. The van der Waals surface area contributed by atoms with E-state index in [4.69, 9.17) is 71.1 Å². The SMILES string of the molecule is C.C.C.C.C.C.C.C.C.C.CCC(C)(C)C(=O)OC1C2CC3C1OC(=O)C3C2C(=O)OC1(C)CCCC1.CCC(C)(C)C(=O)OC1C2CC3C1OC(=O)C3C2C(=O)OC1(C)CCCCC1.CCC(C)(C)C(=O)OC1C2CC3C1OC(=O)C3C2C(=O)OC1CCCC1.CCC(C)(C)C(=O)OC1C2CC3C1OC(=O)C3C2C(=O)OC1CCCCC1.CCC1(OC(=O)C2C3CC4C(OC(=O)C42)C3OC(=O)C(C)(C)CC)CCCC1. The van der Waals surface area contributed by atoms with E-state index in [2.05, 4.69) is 6.92 Å². The Bertz CT molecular complexity index is 4580. The Balaban J connectivity index is 0.000000274. The van der Waals surface area contributed by atoms with Crippen molar-refractivity contribution in [2.45, 2.75) is 501 Å². The largest absolute Gasteiger partial charge is 0.462 e. The lowest BCUT2D eigenvalue weighted by Gasteiger charge is -2.37. The summed E-state index contributed by atoms with van der Waals surface area (Å²) < 4.78 is 86.3. The molecule has 5 heterocycles. The van der Waals surface area contributed by atoms with Gasteiger partial charge in [-0.2, -0.15) is 0 Å². The topological polar surface area (TPSA) is 394 Å². The normalized spacial score (nSPS) is 35.6. The van der Waals surface area contributed by atoms with Gasteiger partial charge in [-0.05, 0) is 282 Å². The fourth-order valence-corrected chi connectivity index (χ4v) is 27.2. The van der Waals surface area contributed by atoms with Crippen LogP contribution in [0.3, 0.4) is 0 Å². The predicted octanol–water partition coefficient (Wildman–Crippen LogP) is 21.8. The van der Waals surface area contributed by atoms with Crippen molar-refractivity contribution in [1.29, 1.82) is 0 Å². The van der Waals surface area contributed by atoms with Crippen LogP contribution in [0, 0.1) is 145 Å². The first-order valence-electron chi connectivity index (χ1n) is 52.4. The summed E-state index contributed by atoms with van der Waals surface area (Å²) in [7, 11) is 0. The summed E-state index contributed by atoms with van der Waals surface area (Å²) >= 11 is 0. The molecule has 20 aliphatic rings. The van der Waals surface area contributed by atoms with Crippen LogP contribution >= 0.6 is 0 Å². The van der Waals surface area contributed by atoms with E-state index in [9.17, 15) is 71.9 Å². The van der Waals surface area contributed by atoms with E-state index < -0.39 is 164 Å². The van der Waals surface area contributed by atoms with Crippen molar-refractivity contribution in [3.8, 4) is 0 Å². The number of esters is 15. The van der Waals surface area contributed by atoms with E-state index in [0.717, 1.165) is 135 Å². The Morgan fingerprint density at radius 1 is 0.260 bits per heavy atom. The molecule has 836 valence electrons. The van der Waals surface area contributed by atoms with Gasteiger partial charge in [0, 0.05) is 59.2 Å². The molecule has 10 bridgehead atoms. The third-order valence-corrected chi connectivity index (χ3v) is 37.7. The minimum atomic E-state index is -0.602. The van der Waals surface area contributed by atoms with Crippen molar-refractivity contribution in [2.75, 3.05) is 0 Å². The first kappa shape index (κ1) is 127. The summed E-state index contributed by atoms with van der Waals surface area (Å²) in [5, 5.41) is 0. The van der Waals surface area contributed by atoms with Gasteiger partial charge in [-0.25, -0.2) is 0 Å². The Hall–Kier alpha value is -7.95. The number of fused-ring (bicyclic) bond motifs is 5. The van der Waals surface area contributed by atoms with Crippen molar-refractivity contribution in [3.05, 3.63) is 0 Å². The molecule has 20 rings (SSSR count). The summed E-state index contributed by atoms with van der Waals surface area (Å²) in [6.07, 6.45) is 24.6. The van der Waals surface area contributed by atoms with Crippen molar-refractivity contribution >= 4 is 89.5 Å². The summed E-state index contributed by atoms with van der Waals surface area (Å²) in [4.78, 5) is 190. The van der Waals surface area contributed by atoms with E-state index >= 15 is 0 Å². The maximum atomic E-state index is 13.2. The standard InChI is InChI=1S/2C22H32O6.2C21H30O6.C20H28O6.10CH4/c1-5-21(2,3)20(25)27-17-13-11-12-14(18(23)26-16(12)17)15(13)19(24)28-22(4)9-7-6-8-10-22;1-5-21(3,4)20(25)27-17-13-11-12-14(18(23)26-16(12)17)15(13)19(24)28-22(6-2)9-7-8-10-22;1-5-20(2,3)19(24)26-16-12-10-11-13(17(22)25-15(11)16)14(12)18(23)27-21(4)8-6-7-9-21;1-4-21(2,3)20(24)27-17-13-10-12-15(19(23)26-16(12)17)14(13)18(22)25-11-8-6-5-7-9-11;1-4-20(2,3)19(23)26-16-12-9-11-14(18(22)25-15(11)16)13(12)17(21)24-10-7-5-6-8-10;;;;;;;;;;/h2*12-17H,5-11H2,1-4H3;11-16H,5-10H2,1-4H3;11-17H,4-10H2,1-3H3;10-16H,4-9H2,1-3H3;10*1H4. The molecule has 0 aromatic heterocycles. The van der Waals surface area contributed by atoms with E-state index in [1.807, 2.05) is 118 Å². The average Bonchev–Trinajstić information content (AvgIpc) is 1.58. The molecule has 0 spiro atoms. The number of hydrogen-bond donors (Lipinski definition) is 0. The number of ether oxygens (including phenoxy) is 15. The molecular formula is C116H192O30. The van der Waals surface area contributed by atoms with Crippen LogP contribution in [0.25, 0.3) is 0 Å². The first-order valence-corrected chi connectivity index (χ1v) is 52.4. The number of carbonyl (C=O) groups is 15. The van der Waals surface area contributed by atoms with Crippen molar-refractivity contribution < 1.29 is 143 Å². The van der Waals surface area contributed by atoms with Crippen LogP contribution in [0.1, 0.15) is 411 Å². The van der Waals surface area contributed by atoms with Crippen LogP contribution in [-0.2, 0) is 143 Å². The van der Waals surface area contributed by atoms with Gasteiger partial charge in [0.25, 0.3) is 0 Å². The molecule has 30 heteroatoms. The number of carbonyl (C=O) groups excluding carboxylic acids is 15. The van der Waals surface area contributed by atoms with Gasteiger partial charge in [0.15, 0.2) is 0 Å². The van der Waals surface area contributed by atoms with Crippen LogP contribution < -0.4 is 0 Å². The Morgan fingerprint density at radius 2 is 0.452 bits per heavy atom. The van der Waals surface area contributed by atoms with Gasteiger partial charge in [0.05, 0.1) is 86.3 Å². The van der Waals surface area contributed by atoms with Crippen LogP contribution in [0.15, 0.2) is 0 Å². The van der Waals surface area contributed by atoms with Crippen LogP contribution in [0.5, 0.6) is 0 Å². The Kier molecular flexibility index (Phi) is 42.0. The fraction of sp³-hybridized carbons (Fsp3) is 0.871. The van der Waals surface area contributed by atoms with Crippen molar-refractivity contribution in [2.24, 2.45) is 145 Å². The minimum Gasteiger partial charge on any atom is -0.462 e. The second kappa shape index (κ2) is 48.4. The lowest BCUT2D eigenvalue weighted by atomic mass is 9.78. The molecule has 0 aromatic rings. The zero-order chi connectivity index (χ0) is 98.1. The van der Waals surface area contributed by atoms with Gasteiger partial charge >= 0.3 is 89.5 Å². The monoisotopic (exact) mass is 2070 g/mol. The van der Waals surface area contributed by atoms with Crippen LogP contribution in [0.2, 0.25) is 0 Å². The van der Waals surface area contributed by atoms with Crippen LogP contribution in [0.4, 0.5) is 0 Å². The third kappa shape index (κ3) is 23.3. The lowest BCUT2D eigenvalue weighted by molar-refractivity contribution is -0.179. The zero-order valence-electron chi connectivity index (χ0n) is 83.6. The van der Waals surface area contributed by atoms with Gasteiger partial charge in [0.2, 0.25) is 0 Å². The number of hydrogen-bond acceptors (Lipinski definition) is 30.